The van der Waals surface area contributed by atoms with Crippen LogP contribution in [0.25, 0.3) is 0 Å². The lowest BCUT2D eigenvalue weighted by atomic mass is 9.66. The van der Waals surface area contributed by atoms with E-state index in [-0.39, 0.29) is 12.2 Å². The van der Waals surface area contributed by atoms with Crippen LogP contribution in [0.4, 0.5) is 4.79 Å². The van der Waals surface area contributed by atoms with Crippen molar-refractivity contribution in [2.45, 2.75) is 65.0 Å². The third-order valence-electron chi connectivity index (χ3n) is 4.84. The Balaban J connectivity index is 2.51. The molecule has 1 aliphatic carbocycles. The summed E-state index contributed by atoms with van der Waals surface area (Å²) in [5.74, 6) is -0.823. The molecule has 1 aromatic rings. The van der Waals surface area contributed by atoms with Crippen molar-refractivity contribution in [3.05, 3.63) is 35.4 Å². The first kappa shape index (κ1) is 20.9. The molecule has 0 aliphatic heterocycles. The third kappa shape index (κ3) is 4.67. The number of nitrogens with one attached hydrogen (secondary N) is 1. The maximum Gasteiger partial charge on any atom is 0.408 e. The van der Waals surface area contributed by atoms with Crippen LogP contribution in [0, 0.1) is 12.3 Å². The highest BCUT2D eigenvalue weighted by Gasteiger charge is 2.55. The molecule has 2 rings (SSSR count). The molecule has 148 valence electrons. The van der Waals surface area contributed by atoms with E-state index in [4.69, 9.17) is 9.47 Å². The molecule has 0 bridgehead atoms. The molecule has 0 saturated heterocycles. The topological polar surface area (TPSA) is 81.7 Å². The monoisotopic (exact) mass is 375 g/mol. The predicted octanol–water partition coefficient (Wildman–Crippen LogP) is 3.86. The van der Waals surface area contributed by atoms with E-state index in [9.17, 15) is 14.4 Å². The third-order valence-corrected chi connectivity index (χ3v) is 4.84. The Hall–Kier alpha value is -2.37. The van der Waals surface area contributed by atoms with Crippen molar-refractivity contribution in [3.63, 3.8) is 0 Å². The highest BCUT2D eigenvalue weighted by molar-refractivity contribution is 6.05. The summed E-state index contributed by atoms with van der Waals surface area (Å²) < 4.78 is 10.4. The van der Waals surface area contributed by atoms with Gasteiger partial charge in [0.25, 0.3) is 0 Å². The maximum absolute atomic E-state index is 13.0. The number of hydrogen-bond donors (Lipinski definition) is 1. The van der Waals surface area contributed by atoms with Gasteiger partial charge in [-0.3, -0.25) is 9.59 Å². The normalized spacial score (nSPS) is 21.3. The van der Waals surface area contributed by atoms with Crippen LogP contribution < -0.4 is 5.32 Å². The van der Waals surface area contributed by atoms with E-state index in [0.717, 1.165) is 12.0 Å². The molecule has 1 aliphatic rings. The van der Waals surface area contributed by atoms with Crippen LogP contribution in [0.3, 0.4) is 0 Å². The number of amides is 1. The number of carbonyl (C=O) groups excluding carboxylic acids is 3. The van der Waals surface area contributed by atoms with E-state index < -0.39 is 29.1 Å². The number of benzene rings is 1. The van der Waals surface area contributed by atoms with Gasteiger partial charge in [-0.25, -0.2) is 4.79 Å². The van der Waals surface area contributed by atoms with Crippen LogP contribution >= 0.6 is 0 Å². The number of ketones is 1. The molecule has 0 unspecified atom stereocenters. The average Bonchev–Trinajstić information content (AvgIpc) is 2.59. The van der Waals surface area contributed by atoms with Gasteiger partial charge in [0, 0.05) is 6.42 Å². The Labute approximate surface area is 160 Å². The van der Waals surface area contributed by atoms with Crippen LogP contribution in [-0.2, 0) is 19.1 Å². The van der Waals surface area contributed by atoms with E-state index in [2.05, 4.69) is 5.32 Å². The molecule has 1 fully saturated rings. The summed E-state index contributed by atoms with van der Waals surface area (Å²) in [7, 11) is 1.27. The van der Waals surface area contributed by atoms with Crippen molar-refractivity contribution in [2.24, 2.45) is 5.41 Å². The lowest BCUT2D eigenvalue weighted by Gasteiger charge is -2.40. The zero-order valence-electron chi connectivity index (χ0n) is 16.8. The first-order chi connectivity index (χ1) is 12.6. The van der Waals surface area contributed by atoms with Crippen molar-refractivity contribution in [2.75, 3.05) is 7.11 Å². The fourth-order valence-electron chi connectivity index (χ4n) is 3.55. The standard InChI is InChI=1S/C21H29NO5/c1-14-9-11-15(12-10-14)17(22-19(25)27-20(2,3)4)21(18(24)26-5)13-7-6-8-16(21)23/h9-12,17H,6-8,13H2,1-5H3,(H,22,25)/t17-,21-/m1/s1. The summed E-state index contributed by atoms with van der Waals surface area (Å²) >= 11 is 0. The van der Waals surface area contributed by atoms with Gasteiger partial charge in [-0.1, -0.05) is 36.2 Å². The van der Waals surface area contributed by atoms with Gasteiger partial charge in [-0.05, 0) is 46.1 Å². The number of methoxy groups -OCH3 is 1. The second kappa shape index (κ2) is 8.11. The van der Waals surface area contributed by atoms with Crippen LogP contribution in [0.2, 0.25) is 0 Å². The molecule has 6 nitrogen and oxygen atoms in total. The van der Waals surface area contributed by atoms with E-state index in [1.165, 1.54) is 7.11 Å². The number of esters is 1. The largest absolute Gasteiger partial charge is 0.468 e. The Morgan fingerprint density at radius 1 is 1.15 bits per heavy atom. The summed E-state index contributed by atoms with van der Waals surface area (Å²) in [4.78, 5) is 38.3. The number of hydrogen-bond acceptors (Lipinski definition) is 5. The van der Waals surface area contributed by atoms with Crippen LogP contribution in [0.1, 0.15) is 63.6 Å². The smallest absolute Gasteiger partial charge is 0.408 e. The highest BCUT2D eigenvalue weighted by atomic mass is 16.6. The Morgan fingerprint density at radius 2 is 1.78 bits per heavy atom. The number of aryl methyl sites for hydroxylation is 1. The number of ether oxygens (including phenoxy) is 2. The van der Waals surface area contributed by atoms with Crippen molar-refractivity contribution in [1.82, 2.24) is 5.32 Å². The number of alkyl carbamates (subject to hydrolysis) is 1. The molecule has 0 radical (unpaired) electrons. The van der Waals surface area contributed by atoms with E-state index in [1.807, 2.05) is 31.2 Å². The summed E-state index contributed by atoms with van der Waals surface area (Å²) in [6.07, 6.45) is 1.37. The van der Waals surface area contributed by atoms with Crippen LogP contribution in [-0.4, -0.2) is 30.6 Å². The molecule has 2 atom stereocenters. The van der Waals surface area contributed by atoms with E-state index in [1.54, 1.807) is 20.8 Å². The maximum atomic E-state index is 13.0. The van der Waals surface area contributed by atoms with Crippen molar-refractivity contribution >= 4 is 17.8 Å². The van der Waals surface area contributed by atoms with Gasteiger partial charge in [0.15, 0.2) is 11.2 Å². The molecule has 0 heterocycles. The minimum absolute atomic E-state index is 0.206. The molecule has 1 aromatic carbocycles. The van der Waals surface area contributed by atoms with Crippen molar-refractivity contribution < 1.29 is 23.9 Å². The van der Waals surface area contributed by atoms with Gasteiger partial charge in [-0.15, -0.1) is 0 Å². The SMILES string of the molecule is COC(=O)[C@]1([C@H](NC(=O)OC(C)(C)C)c2ccc(C)cc2)CCCCC1=O. The van der Waals surface area contributed by atoms with Gasteiger partial charge in [-0.2, -0.15) is 0 Å². The second-order valence-corrected chi connectivity index (χ2v) is 8.08. The molecule has 1 saturated carbocycles. The number of carbonyl (C=O) groups is 3. The summed E-state index contributed by atoms with van der Waals surface area (Å²) in [5, 5.41) is 2.78. The minimum atomic E-state index is -1.45. The summed E-state index contributed by atoms with van der Waals surface area (Å²) in [6.45, 7) is 7.22. The van der Waals surface area contributed by atoms with Gasteiger partial charge >= 0.3 is 12.1 Å². The quantitative estimate of drug-likeness (QED) is 0.638. The number of Topliss-reactive ketones (excluding diaryl/α,β-unsaturated/α-hetero) is 1. The molecule has 1 N–H and O–H groups in total. The lowest BCUT2D eigenvalue weighted by Crippen LogP contribution is -2.53. The highest BCUT2D eigenvalue weighted by Crippen LogP contribution is 2.45. The lowest BCUT2D eigenvalue weighted by molar-refractivity contribution is -0.162. The fraction of sp³-hybridized carbons (Fsp3) is 0.571. The van der Waals surface area contributed by atoms with Crippen molar-refractivity contribution in [1.29, 1.82) is 0 Å². The molecule has 0 spiro atoms. The predicted molar refractivity (Wildman–Crippen MR) is 101 cm³/mol. The zero-order valence-corrected chi connectivity index (χ0v) is 16.8. The van der Waals surface area contributed by atoms with E-state index in [0.29, 0.717) is 18.4 Å². The summed E-state index contributed by atoms with van der Waals surface area (Å²) in [6, 6.07) is 6.57. The fourth-order valence-corrected chi connectivity index (χ4v) is 3.55. The Bertz CT molecular complexity index is 694. The molecular formula is C21H29NO5. The molecular weight excluding hydrogens is 346 g/mol. The second-order valence-electron chi connectivity index (χ2n) is 8.08. The first-order valence-corrected chi connectivity index (χ1v) is 9.28. The van der Waals surface area contributed by atoms with Gasteiger partial charge in [0.05, 0.1) is 13.2 Å². The minimum Gasteiger partial charge on any atom is -0.468 e. The molecule has 0 aromatic heterocycles. The Kier molecular flexibility index (Phi) is 6.29. The van der Waals surface area contributed by atoms with Crippen molar-refractivity contribution in [3.8, 4) is 0 Å². The summed E-state index contributed by atoms with van der Waals surface area (Å²) in [5.41, 5.74) is -0.431. The zero-order chi connectivity index (χ0) is 20.2. The molecule has 27 heavy (non-hydrogen) atoms. The van der Waals surface area contributed by atoms with Crippen LogP contribution in [0.15, 0.2) is 24.3 Å². The Morgan fingerprint density at radius 3 is 2.30 bits per heavy atom. The van der Waals surface area contributed by atoms with Gasteiger partial charge in [0.1, 0.15) is 5.60 Å². The van der Waals surface area contributed by atoms with Crippen LogP contribution in [0.5, 0.6) is 0 Å². The average molecular weight is 375 g/mol. The van der Waals surface area contributed by atoms with Gasteiger partial charge < -0.3 is 14.8 Å². The van der Waals surface area contributed by atoms with Gasteiger partial charge in [0.2, 0.25) is 0 Å². The first-order valence-electron chi connectivity index (χ1n) is 9.28. The molecule has 6 heteroatoms. The molecule has 1 amide bonds. The number of rotatable bonds is 4. The van der Waals surface area contributed by atoms with E-state index >= 15 is 0 Å².